The molecule has 0 radical (unpaired) electrons. The van der Waals surface area contributed by atoms with Gasteiger partial charge in [0.25, 0.3) is 0 Å². The fraction of sp³-hybridized carbons (Fsp3) is 0.368. The Labute approximate surface area is 157 Å². The van der Waals surface area contributed by atoms with Crippen LogP contribution in [-0.2, 0) is 11.8 Å². The van der Waals surface area contributed by atoms with Gasteiger partial charge < -0.3 is 10.1 Å². The number of anilines is 2. The van der Waals surface area contributed by atoms with Gasteiger partial charge >= 0.3 is 5.69 Å². The van der Waals surface area contributed by atoms with Gasteiger partial charge in [-0.15, -0.1) is 0 Å². The maximum atomic E-state index is 12.7. The van der Waals surface area contributed by atoms with Gasteiger partial charge in [0, 0.05) is 33.4 Å². The zero-order chi connectivity index (χ0) is 19.0. The molecule has 2 aromatic heterocycles. The fourth-order valence-corrected chi connectivity index (χ4v) is 3.46. The number of nitriles is 1. The van der Waals surface area contributed by atoms with Crippen molar-refractivity contribution < 1.29 is 6.16 Å². The van der Waals surface area contributed by atoms with Gasteiger partial charge in [-0.1, -0.05) is 0 Å². The average molecular weight is 366 g/mol. The third kappa shape index (κ3) is 3.06. The van der Waals surface area contributed by atoms with Crippen molar-refractivity contribution in [2.45, 2.75) is 25.8 Å². The minimum atomic E-state index is -0.0853. The van der Waals surface area contributed by atoms with Crippen LogP contribution in [0.5, 0.6) is 0 Å². The lowest BCUT2D eigenvalue weighted by molar-refractivity contribution is 0.0695. The Kier molecular flexibility index (Phi) is 4.38. The molecule has 8 nitrogen and oxygen atoms in total. The van der Waals surface area contributed by atoms with E-state index >= 15 is 0 Å². The van der Waals surface area contributed by atoms with Crippen molar-refractivity contribution in [3.8, 4) is 6.07 Å². The van der Waals surface area contributed by atoms with E-state index in [4.69, 9.17) is 10.00 Å². The van der Waals surface area contributed by atoms with Crippen molar-refractivity contribution in [2.24, 2.45) is 7.05 Å². The molecular formula is C19H22N6O2. The fourth-order valence-electron chi connectivity index (χ4n) is 3.46. The molecule has 0 bridgehead atoms. The summed E-state index contributed by atoms with van der Waals surface area (Å²) in [6, 6.07) is 7.59. The zero-order valence-corrected chi connectivity index (χ0v) is 15.3. The minimum Gasteiger partial charge on any atom is -0.381 e. The molecule has 1 fully saturated rings. The van der Waals surface area contributed by atoms with Crippen molar-refractivity contribution in [3.05, 3.63) is 46.0 Å². The highest BCUT2D eigenvalue weighted by atomic mass is 16.5. The Morgan fingerprint density at radius 2 is 2.15 bits per heavy atom. The molecule has 8 heteroatoms. The number of hydrogen-bond acceptors (Lipinski definition) is 6. The largest absolute Gasteiger partial charge is 0.381 e. The quantitative estimate of drug-likeness (QED) is 0.765. The molecule has 0 unspecified atom stereocenters. The van der Waals surface area contributed by atoms with Crippen LogP contribution in [0.25, 0.3) is 11.2 Å². The smallest absolute Gasteiger partial charge is 0.330 e. The molecule has 3 heterocycles. The summed E-state index contributed by atoms with van der Waals surface area (Å²) in [4.78, 5) is 21.7. The highest BCUT2D eigenvalue weighted by Gasteiger charge is 2.23. The molecule has 0 amide bonds. The Bertz CT molecular complexity index is 1110. The maximum absolute atomic E-state index is 12.7. The highest BCUT2D eigenvalue weighted by Crippen LogP contribution is 2.25. The van der Waals surface area contributed by atoms with Crippen molar-refractivity contribution in [1.82, 2.24) is 19.1 Å². The summed E-state index contributed by atoms with van der Waals surface area (Å²) in [5.74, 6) is 0.418. The summed E-state index contributed by atoms with van der Waals surface area (Å²) in [5, 5.41) is 12.2. The van der Waals surface area contributed by atoms with Gasteiger partial charge in [-0.3, -0.25) is 9.13 Å². The molecule has 0 spiro atoms. The number of hydrogen-bond donors (Lipinski definition) is 1. The molecule has 1 aliphatic heterocycles. The van der Waals surface area contributed by atoms with Gasteiger partial charge in [0.15, 0.2) is 5.65 Å². The summed E-state index contributed by atoms with van der Waals surface area (Å²) in [7, 11) is 1.74. The third-order valence-electron chi connectivity index (χ3n) is 4.99. The van der Waals surface area contributed by atoms with E-state index in [1.807, 2.05) is 13.0 Å². The van der Waals surface area contributed by atoms with Crippen molar-refractivity contribution in [1.29, 1.82) is 5.26 Å². The summed E-state index contributed by atoms with van der Waals surface area (Å²) < 4.78 is 8.77. The van der Waals surface area contributed by atoms with Gasteiger partial charge in [-0.25, -0.2) is 9.78 Å². The van der Waals surface area contributed by atoms with E-state index in [1.54, 1.807) is 34.5 Å². The minimum absolute atomic E-state index is 0. The van der Waals surface area contributed by atoms with Crippen LogP contribution >= 0.6 is 0 Å². The van der Waals surface area contributed by atoms with Crippen molar-refractivity contribution in [2.75, 3.05) is 18.5 Å². The predicted octanol–water partition coefficient (Wildman–Crippen LogP) is 2.65. The number of aromatic nitrogens is 4. The number of ether oxygens (including phenoxy) is 1. The monoisotopic (exact) mass is 366 g/mol. The molecule has 27 heavy (non-hydrogen) atoms. The lowest BCUT2D eigenvalue weighted by atomic mass is 10.1. The Morgan fingerprint density at radius 3 is 2.85 bits per heavy atom. The number of rotatable bonds is 3. The van der Waals surface area contributed by atoms with Gasteiger partial charge in [-0.05, 0) is 43.5 Å². The first-order chi connectivity index (χ1) is 13.1. The van der Waals surface area contributed by atoms with Gasteiger partial charge in [0.1, 0.15) is 5.52 Å². The SMILES string of the molecule is Cc1cc(C#N)ccc1Nc1ncc2c(n1)n(C1CCOCC1)c(=O)n2C.[HH]. The van der Waals surface area contributed by atoms with Gasteiger partial charge in [-0.2, -0.15) is 10.2 Å². The van der Waals surface area contributed by atoms with Gasteiger partial charge in [0.05, 0.1) is 17.8 Å². The normalized spacial score (nSPS) is 15.0. The van der Waals surface area contributed by atoms with E-state index in [-0.39, 0.29) is 13.2 Å². The van der Waals surface area contributed by atoms with E-state index in [0.29, 0.717) is 35.9 Å². The second kappa shape index (κ2) is 6.85. The van der Waals surface area contributed by atoms with Crippen molar-refractivity contribution >= 4 is 22.8 Å². The molecule has 1 saturated heterocycles. The van der Waals surface area contributed by atoms with E-state index in [2.05, 4.69) is 21.4 Å². The molecule has 1 aromatic carbocycles. The van der Waals surface area contributed by atoms with Crippen molar-refractivity contribution in [3.63, 3.8) is 0 Å². The average Bonchev–Trinajstić information content (AvgIpc) is 2.94. The van der Waals surface area contributed by atoms with Gasteiger partial charge in [0.2, 0.25) is 5.95 Å². The molecule has 0 saturated carbocycles. The van der Waals surface area contributed by atoms with Crippen LogP contribution in [0, 0.1) is 18.3 Å². The third-order valence-corrected chi connectivity index (χ3v) is 4.99. The molecule has 1 aliphatic rings. The van der Waals surface area contributed by atoms with E-state index in [0.717, 1.165) is 24.1 Å². The molecule has 0 aliphatic carbocycles. The number of nitrogens with zero attached hydrogens (tertiary/aromatic N) is 5. The van der Waals surface area contributed by atoms with Crippen LogP contribution in [0.3, 0.4) is 0 Å². The Morgan fingerprint density at radius 1 is 1.37 bits per heavy atom. The number of aryl methyl sites for hydroxylation is 2. The van der Waals surface area contributed by atoms with Crippen LogP contribution in [0.2, 0.25) is 0 Å². The first-order valence-electron chi connectivity index (χ1n) is 8.88. The van der Waals surface area contributed by atoms with Crippen LogP contribution in [0.4, 0.5) is 11.6 Å². The molecule has 140 valence electrons. The summed E-state index contributed by atoms with van der Waals surface area (Å²) >= 11 is 0. The van der Waals surface area contributed by atoms with Crippen LogP contribution in [0.1, 0.15) is 31.4 Å². The van der Waals surface area contributed by atoms with E-state index in [9.17, 15) is 4.79 Å². The Balaban J connectivity index is 0.00000225. The van der Waals surface area contributed by atoms with Crippen LogP contribution in [0.15, 0.2) is 29.2 Å². The lowest BCUT2D eigenvalue weighted by Crippen LogP contribution is -2.30. The molecule has 0 atom stereocenters. The van der Waals surface area contributed by atoms with Crippen LogP contribution < -0.4 is 11.0 Å². The summed E-state index contributed by atoms with van der Waals surface area (Å²) in [6.45, 7) is 3.21. The number of imidazole rings is 1. The topological polar surface area (TPSA) is 97.8 Å². The Hall–Kier alpha value is -3.18. The first kappa shape index (κ1) is 17.2. The standard InChI is InChI=1S/C19H20N6O2.H2/c1-12-9-13(10-20)3-4-15(12)22-18-21-11-16-17(23-18)25(19(26)24(16)2)14-5-7-27-8-6-14;/h3-4,9,11,14H,5-8H2,1-2H3,(H,21,22,23);1H. The molecule has 3 aromatic rings. The predicted molar refractivity (Wildman–Crippen MR) is 103 cm³/mol. The summed E-state index contributed by atoms with van der Waals surface area (Å²) in [5.41, 5.74) is 3.59. The second-order valence-electron chi connectivity index (χ2n) is 6.72. The number of fused-ring (bicyclic) bond motifs is 1. The molecular weight excluding hydrogens is 344 g/mol. The highest BCUT2D eigenvalue weighted by molar-refractivity contribution is 5.73. The van der Waals surface area contributed by atoms with E-state index in [1.165, 1.54) is 0 Å². The molecule has 4 rings (SSSR count). The molecule has 1 N–H and O–H groups in total. The summed E-state index contributed by atoms with van der Waals surface area (Å²) in [6.07, 6.45) is 3.25. The zero-order valence-electron chi connectivity index (χ0n) is 15.3. The number of nitrogens with one attached hydrogen (secondary N) is 1. The maximum Gasteiger partial charge on any atom is 0.330 e. The second-order valence-corrected chi connectivity index (χ2v) is 6.72. The number of benzene rings is 1. The van der Waals surface area contributed by atoms with Crippen LogP contribution in [-0.4, -0.2) is 32.3 Å². The lowest BCUT2D eigenvalue weighted by Gasteiger charge is -2.22. The van der Waals surface area contributed by atoms with E-state index < -0.39 is 0 Å². The first-order valence-corrected chi connectivity index (χ1v) is 8.88.